The Morgan fingerprint density at radius 3 is 3.00 bits per heavy atom. The minimum atomic E-state index is 0.668. The zero-order valence-electron chi connectivity index (χ0n) is 5.93. The quantitative estimate of drug-likeness (QED) is 0.632. The number of hydrogen-bond donors (Lipinski definition) is 0. The van der Waals surface area contributed by atoms with E-state index in [0.29, 0.717) is 5.88 Å². The lowest BCUT2D eigenvalue weighted by molar-refractivity contribution is 0.469. The van der Waals surface area contributed by atoms with E-state index >= 15 is 0 Å². The van der Waals surface area contributed by atoms with E-state index in [1.165, 1.54) is 0 Å². The maximum atomic E-state index is 5.49. The lowest BCUT2D eigenvalue weighted by atomic mass is 10.3. The van der Waals surface area contributed by atoms with E-state index in [4.69, 9.17) is 16.0 Å². The molecule has 0 aliphatic rings. The first-order valence-electron chi connectivity index (χ1n) is 3.30. The van der Waals surface area contributed by atoms with Crippen LogP contribution in [-0.4, -0.2) is 10.9 Å². The van der Waals surface area contributed by atoms with Gasteiger partial charge in [-0.15, -0.1) is 11.6 Å². The lowest BCUT2D eigenvalue weighted by Gasteiger charge is -1.88. The van der Waals surface area contributed by atoms with Crippen LogP contribution in [0, 0.1) is 6.92 Å². The molecule has 0 bridgehead atoms. The molecule has 0 fully saturated rings. The van der Waals surface area contributed by atoms with Crippen molar-refractivity contribution < 1.29 is 4.42 Å². The van der Waals surface area contributed by atoms with Crippen molar-refractivity contribution in [2.45, 2.75) is 19.8 Å². The van der Waals surface area contributed by atoms with Crippen LogP contribution in [0.1, 0.15) is 18.1 Å². The molecule has 0 spiro atoms. The first-order chi connectivity index (χ1) is 4.83. The minimum Gasteiger partial charge on any atom is -0.446 e. The van der Waals surface area contributed by atoms with Crippen molar-refractivity contribution in [3.8, 4) is 0 Å². The van der Waals surface area contributed by atoms with Crippen molar-refractivity contribution in [1.29, 1.82) is 0 Å². The third kappa shape index (κ3) is 2.03. The Hall–Kier alpha value is -0.500. The lowest BCUT2D eigenvalue weighted by Crippen LogP contribution is -1.84. The van der Waals surface area contributed by atoms with Gasteiger partial charge in [0.25, 0.3) is 0 Å². The van der Waals surface area contributed by atoms with Gasteiger partial charge in [-0.05, 0) is 13.3 Å². The number of rotatable bonds is 3. The Morgan fingerprint density at radius 1 is 1.70 bits per heavy atom. The van der Waals surface area contributed by atoms with Crippen LogP contribution in [-0.2, 0) is 6.42 Å². The van der Waals surface area contributed by atoms with Gasteiger partial charge in [0.2, 0.25) is 0 Å². The number of aromatic nitrogens is 1. The molecule has 0 radical (unpaired) electrons. The Kier molecular flexibility index (Phi) is 2.75. The van der Waals surface area contributed by atoms with Crippen molar-refractivity contribution in [3.05, 3.63) is 17.8 Å². The smallest absolute Gasteiger partial charge is 0.194 e. The summed E-state index contributed by atoms with van der Waals surface area (Å²) in [5.74, 6) is 2.32. The molecule has 3 heteroatoms. The van der Waals surface area contributed by atoms with E-state index in [0.717, 1.165) is 24.5 Å². The van der Waals surface area contributed by atoms with E-state index in [1.807, 2.05) is 6.92 Å². The first kappa shape index (κ1) is 7.61. The number of aryl methyl sites for hydroxylation is 2. The standard InChI is InChI=1S/C7H10ClNO/c1-6-5-9-7(10-6)3-2-4-8/h5H,2-4H2,1H3. The fraction of sp³-hybridized carbons (Fsp3) is 0.571. The van der Waals surface area contributed by atoms with Gasteiger partial charge in [0.1, 0.15) is 5.76 Å². The summed E-state index contributed by atoms with van der Waals surface area (Å²) < 4.78 is 5.22. The van der Waals surface area contributed by atoms with Crippen LogP contribution in [0.15, 0.2) is 10.6 Å². The van der Waals surface area contributed by atoms with E-state index in [-0.39, 0.29) is 0 Å². The highest BCUT2D eigenvalue weighted by Crippen LogP contribution is 2.04. The Bertz CT molecular complexity index is 197. The molecule has 0 aromatic carbocycles. The third-order valence-electron chi connectivity index (χ3n) is 1.19. The fourth-order valence-corrected chi connectivity index (χ4v) is 0.869. The average Bonchev–Trinajstić information content (AvgIpc) is 2.31. The molecule has 0 saturated heterocycles. The molecular weight excluding hydrogens is 150 g/mol. The number of oxazole rings is 1. The van der Waals surface area contributed by atoms with Crippen molar-refractivity contribution >= 4 is 11.6 Å². The van der Waals surface area contributed by atoms with E-state index < -0.39 is 0 Å². The second-order valence-electron chi connectivity index (χ2n) is 2.16. The van der Waals surface area contributed by atoms with E-state index in [9.17, 15) is 0 Å². The second kappa shape index (κ2) is 3.62. The van der Waals surface area contributed by atoms with Crippen molar-refractivity contribution in [3.63, 3.8) is 0 Å². The summed E-state index contributed by atoms with van der Waals surface area (Å²) in [6, 6.07) is 0. The number of halogens is 1. The molecule has 56 valence electrons. The van der Waals surface area contributed by atoms with Gasteiger partial charge in [-0.25, -0.2) is 4.98 Å². The van der Waals surface area contributed by atoms with E-state index in [2.05, 4.69) is 4.98 Å². The maximum absolute atomic E-state index is 5.49. The monoisotopic (exact) mass is 159 g/mol. The summed E-state index contributed by atoms with van der Waals surface area (Å²) in [5, 5.41) is 0. The molecule has 10 heavy (non-hydrogen) atoms. The summed E-state index contributed by atoms with van der Waals surface area (Å²) in [6.07, 6.45) is 3.50. The van der Waals surface area contributed by atoms with Crippen LogP contribution in [0.4, 0.5) is 0 Å². The molecule has 1 aromatic heterocycles. The number of alkyl halides is 1. The molecule has 0 saturated carbocycles. The SMILES string of the molecule is Cc1cnc(CCCCl)o1. The molecule has 0 unspecified atom stereocenters. The van der Waals surface area contributed by atoms with Crippen LogP contribution in [0.25, 0.3) is 0 Å². The van der Waals surface area contributed by atoms with Crippen LogP contribution in [0.3, 0.4) is 0 Å². The zero-order chi connectivity index (χ0) is 7.40. The van der Waals surface area contributed by atoms with Gasteiger partial charge in [-0.3, -0.25) is 0 Å². The third-order valence-corrected chi connectivity index (χ3v) is 1.46. The molecule has 0 amide bonds. The molecule has 0 atom stereocenters. The Morgan fingerprint density at radius 2 is 2.50 bits per heavy atom. The molecule has 1 aromatic rings. The van der Waals surface area contributed by atoms with Crippen molar-refractivity contribution in [2.75, 3.05) is 5.88 Å². The van der Waals surface area contributed by atoms with Crippen molar-refractivity contribution in [2.24, 2.45) is 0 Å². The first-order valence-corrected chi connectivity index (χ1v) is 3.83. The predicted molar refractivity (Wildman–Crippen MR) is 40.3 cm³/mol. The summed E-state index contributed by atoms with van der Waals surface area (Å²) in [6.45, 7) is 1.89. The summed E-state index contributed by atoms with van der Waals surface area (Å²) in [5.41, 5.74) is 0. The van der Waals surface area contributed by atoms with Gasteiger partial charge in [0, 0.05) is 12.3 Å². The van der Waals surface area contributed by atoms with Gasteiger partial charge >= 0.3 is 0 Å². The fourth-order valence-electron chi connectivity index (χ4n) is 0.735. The zero-order valence-corrected chi connectivity index (χ0v) is 6.69. The van der Waals surface area contributed by atoms with Crippen LogP contribution in [0.2, 0.25) is 0 Å². The molecular formula is C7H10ClNO. The van der Waals surface area contributed by atoms with E-state index in [1.54, 1.807) is 6.20 Å². The summed E-state index contributed by atoms with van der Waals surface area (Å²) in [7, 11) is 0. The highest BCUT2D eigenvalue weighted by atomic mass is 35.5. The van der Waals surface area contributed by atoms with Crippen LogP contribution < -0.4 is 0 Å². The van der Waals surface area contributed by atoms with Crippen LogP contribution in [0.5, 0.6) is 0 Å². The topological polar surface area (TPSA) is 26.0 Å². The maximum Gasteiger partial charge on any atom is 0.194 e. The molecule has 1 rings (SSSR count). The highest BCUT2D eigenvalue weighted by molar-refractivity contribution is 6.17. The predicted octanol–water partition coefficient (Wildman–Crippen LogP) is 2.15. The number of nitrogens with zero attached hydrogens (tertiary/aromatic N) is 1. The largest absolute Gasteiger partial charge is 0.446 e. The van der Waals surface area contributed by atoms with Gasteiger partial charge in [-0.1, -0.05) is 0 Å². The molecule has 2 nitrogen and oxygen atoms in total. The second-order valence-corrected chi connectivity index (χ2v) is 2.54. The molecule has 1 heterocycles. The molecule has 0 aliphatic heterocycles. The van der Waals surface area contributed by atoms with Crippen molar-refractivity contribution in [1.82, 2.24) is 4.98 Å². The van der Waals surface area contributed by atoms with Gasteiger partial charge < -0.3 is 4.42 Å². The van der Waals surface area contributed by atoms with Gasteiger partial charge in [0.05, 0.1) is 6.20 Å². The highest BCUT2D eigenvalue weighted by Gasteiger charge is 1.97. The Balaban J connectivity index is 2.42. The normalized spacial score (nSPS) is 10.2. The van der Waals surface area contributed by atoms with Crippen LogP contribution >= 0.6 is 11.6 Å². The molecule has 0 aliphatic carbocycles. The van der Waals surface area contributed by atoms with Gasteiger partial charge in [0.15, 0.2) is 5.89 Å². The average molecular weight is 160 g/mol. The number of hydrogen-bond acceptors (Lipinski definition) is 2. The molecule has 0 N–H and O–H groups in total. The minimum absolute atomic E-state index is 0.668. The summed E-state index contributed by atoms with van der Waals surface area (Å²) in [4.78, 5) is 4.03. The van der Waals surface area contributed by atoms with Gasteiger partial charge in [-0.2, -0.15) is 0 Å². The summed E-state index contributed by atoms with van der Waals surface area (Å²) >= 11 is 5.49. The Labute approximate surface area is 65.2 Å².